The maximum atomic E-state index is 13.1. The summed E-state index contributed by atoms with van der Waals surface area (Å²) in [6.07, 6.45) is 64.1. The van der Waals surface area contributed by atoms with E-state index < -0.39 is 97.5 Å². The topological polar surface area (TPSA) is 237 Å². The van der Waals surface area contributed by atoms with Gasteiger partial charge in [0.25, 0.3) is 0 Å². The molecule has 3 N–H and O–H groups in total. The first kappa shape index (κ1) is 101. The number of carbonyl (C=O) groups is 4. The molecular weight excluding hydrogens is 1340 g/mol. The van der Waals surface area contributed by atoms with Gasteiger partial charge in [-0.15, -0.1) is 0 Å². The van der Waals surface area contributed by atoms with E-state index in [0.717, 1.165) is 108 Å². The van der Waals surface area contributed by atoms with Crippen LogP contribution < -0.4 is 0 Å². The molecule has 0 bridgehead atoms. The predicted octanol–water partition coefficient (Wildman–Crippen LogP) is 25.3. The summed E-state index contributed by atoms with van der Waals surface area (Å²) in [5.74, 6) is 0.165. The van der Waals surface area contributed by atoms with Gasteiger partial charge in [-0.25, -0.2) is 9.13 Å². The van der Waals surface area contributed by atoms with E-state index in [0.29, 0.717) is 25.7 Å². The second-order valence-electron chi connectivity index (χ2n) is 31.6. The van der Waals surface area contributed by atoms with Crippen molar-refractivity contribution in [3.8, 4) is 0 Å². The van der Waals surface area contributed by atoms with Crippen molar-refractivity contribution in [2.24, 2.45) is 17.8 Å². The minimum Gasteiger partial charge on any atom is -0.462 e. The number of carbonyl (C=O) groups excluding carboxylic acids is 4. The highest BCUT2D eigenvalue weighted by Gasteiger charge is 2.30. The SMILES string of the molecule is CCCCCCCCCCCCCCCCCCCCCCCC(=O)O[C@H](COC(=O)CCCCCCCCCCCCCCCCCCC(C)C)COP(=O)(O)OC[C@@H](O)COP(=O)(O)OC[C@@H](COC(=O)CCCCCCCCCCC(C)C)OC(=O)CCCCCCCCCCCC(C)C. The molecular formula is C84H164O17P2. The van der Waals surface area contributed by atoms with E-state index in [2.05, 4.69) is 48.5 Å². The smallest absolute Gasteiger partial charge is 0.462 e. The molecule has 0 saturated carbocycles. The van der Waals surface area contributed by atoms with E-state index in [1.165, 1.54) is 250 Å². The average Bonchev–Trinajstić information content (AvgIpc) is 0.913. The van der Waals surface area contributed by atoms with Crippen molar-refractivity contribution >= 4 is 39.5 Å². The highest BCUT2D eigenvalue weighted by atomic mass is 31.2. The van der Waals surface area contributed by atoms with Gasteiger partial charge in [0, 0.05) is 25.7 Å². The maximum absolute atomic E-state index is 13.1. The molecule has 0 aliphatic rings. The zero-order valence-electron chi connectivity index (χ0n) is 67.8. The molecule has 0 aromatic heterocycles. The van der Waals surface area contributed by atoms with Crippen LogP contribution in [-0.4, -0.2) is 96.7 Å². The van der Waals surface area contributed by atoms with Crippen LogP contribution in [0.5, 0.6) is 0 Å². The van der Waals surface area contributed by atoms with Gasteiger partial charge in [-0.2, -0.15) is 0 Å². The van der Waals surface area contributed by atoms with Gasteiger partial charge in [-0.3, -0.25) is 37.3 Å². The molecule has 5 atom stereocenters. The van der Waals surface area contributed by atoms with E-state index >= 15 is 0 Å². The number of aliphatic hydroxyl groups is 1. The van der Waals surface area contributed by atoms with Crippen LogP contribution in [-0.2, 0) is 65.4 Å². The molecule has 0 saturated heterocycles. The summed E-state index contributed by atoms with van der Waals surface area (Å²) in [5.41, 5.74) is 0. The lowest BCUT2D eigenvalue weighted by molar-refractivity contribution is -0.161. The fraction of sp³-hybridized carbons (Fsp3) is 0.952. The minimum atomic E-state index is -4.96. The maximum Gasteiger partial charge on any atom is 0.472 e. The molecule has 0 heterocycles. The van der Waals surface area contributed by atoms with Gasteiger partial charge >= 0.3 is 39.5 Å². The molecule has 0 aliphatic heterocycles. The molecule has 0 amide bonds. The Morgan fingerprint density at radius 2 is 0.447 bits per heavy atom. The van der Waals surface area contributed by atoms with Gasteiger partial charge in [-0.05, 0) is 43.4 Å². The summed E-state index contributed by atoms with van der Waals surface area (Å²) < 4.78 is 68.8. The number of phosphoric ester groups is 2. The van der Waals surface area contributed by atoms with Crippen LogP contribution in [0.4, 0.5) is 0 Å². The third-order valence-electron chi connectivity index (χ3n) is 19.6. The summed E-state index contributed by atoms with van der Waals surface area (Å²) in [6, 6.07) is 0. The van der Waals surface area contributed by atoms with Crippen molar-refractivity contribution < 1.29 is 80.2 Å². The number of esters is 4. The molecule has 0 aromatic rings. The Labute approximate surface area is 632 Å². The Kier molecular flexibility index (Phi) is 72.8. The van der Waals surface area contributed by atoms with Gasteiger partial charge in [0.15, 0.2) is 12.2 Å². The van der Waals surface area contributed by atoms with Crippen LogP contribution in [0.25, 0.3) is 0 Å². The lowest BCUT2D eigenvalue weighted by Gasteiger charge is -2.21. The number of unbranched alkanes of at least 4 members (excludes halogenated alkanes) is 50. The molecule has 0 fully saturated rings. The Balaban J connectivity index is 5.22. The Morgan fingerprint density at radius 1 is 0.262 bits per heavy atom. The van der Waals surface area contributed by atoms with Crippen molar-refractivity contribution in [1.29, 1.82) is 0 Å². The summed E-state index contributed by atoms with van der Waals surface area (Å²) in [6.45, 7) is 11.9. The third-order valence-corrected chi connectivity index (χ3v) is 21.5. The molecule has 0 aromatic carbocycles. The normalized spacial score (nSPS) is 13.9. The molecule has 103 heavy (non-hydrogen) atoms. The lowest BCUT2D eigenvalue weighted by atomic mass is 10.0. The number of hydrogen-bond donors (Lipinski definition) is 3. The number of hydrogen-bond acceptors (Lipinski definition) is 15. The van der Waals surface area contributed by atoms with Crippen molar-refractivity contribution in [3.63, 3.8) is 0 Å². The highest BCUT2D eigenvalue weighted by molar-refractivity contribution is 7.47. The lowest BCUT2D eigenvalue weighted by Crippen LogP contribution is -2.30. The first-order valence-corrected chi connectivity index (χ1v) is 46.3. The number of aliphatic hydroxyl groups excluding tert-OH is 1. The zero-order valence-corrected chi connectivity index (χ0v) is 69.6. The molecule has 17 nitrogen and oxygen atoms in total. The summed E-state index contributed by atoms with van der Waals surface area (Å²) >= 11 is 0. The molecule has 612 valence electrons. The first-order valence-electron chi connectivity index (χ1n) is 43.3. The molecule has 0 spiro atoms. The predicted molar refractivity (Wildman–Crippen MR) is 423 cm³/mol. The molecule has 0 aliphatic carbocycles. The van der Waals surface area contributed by atoms with Gasteiger partial charge in [0.1, 0.15) is 19.3 Å². The van der Waals surface area contributed by atoms with E-state index in [1.54, 1.807) is 0 Å². The molecule has 19 heteroatoms. The van der Waals surface area contributed by atoms with Crippen LogP contribution in [0.1, 0.15) is 440 Å². The second-order valence-corrected chi connectivity index (χ2v) is 34.6. The third kappa shape index (κ3) is 78.0. The monoisotopic (exact) mass is 1510 g/mol. The zero-order chi connectivity index (χ0) is 75.8. The average molecular weight is 1510 g/mol. The van der Waals surface area contributed by atoms with Crippen molar-refractivity contribution in [3.05, 3.63) is 0 Å². The van der Waals surface area contributed by atoms with E-state index in [-0.39, 0.29) is 25.7 Å². The molecule has 0 rings (SSSR count). The van der Waals surface area contributed by atoms with Crippen LogP contribution in [0.15, 0.2) is 0 Å². The van der Waals surface area contributed by atoms with Gasteiger partial charge in [-0.1, -0.05) is 389 Å². The molecule has 2 unspecified atom stereocenters. The van der Waals surface area contributed by atoms with E-state index in [4.69, 9.17) is 37.0 Å². The first-order chi connectivity index (χ1) is 49.7. The summed E-state index contributed by atoms with van der Waals surface area (Å²) in [7, 11) is -9.92. The standard InChI is InChI=1S/C84H164O17P2/c1-8-9-10-11-12-13-14-15-16-17-18-19-20-21-26-29-32-37-46-53-60-67-83(88)100-79(71-94-81(86)65-58-51-44-36-31-28-25-23-22-24-27-30-34-41-48-55-62-75(2)3)73-98-102(90,91)96-69-78(85)70-97-103(92,93)99-74-80(72-95-82(87)66-59-52-45-40-39-43-50-57-64-77(6)7)101-84(89)68-61-54-47-38-33-35-42-49-56-63-76(4)5/h75-80,85H,8-74H2,1-7H3,(H,90,91)(H,92,93)/t78-,79-,80-/m1/s1. The Hall–Kier alpha value is -1.94. The van der Waals surface area contributed by atoms with E-state index in [9.17, 15) is 43.2 Å². The van der Waals surface area contributed by atoms with Gasteiger partial charge in [0.2, 0.25) is 0 Å². The number of phosphoric acid groups is 2. The fourth-order valence-electron chi connectivity index (χ4n) is 13.0. The highest BCUT2D eigenvalue weighted by Crippen LogP contribution is 2.45. The Morgan fingerprint density at radius 3 is 0.660 bits per heavy atom. The van der Waals surface area contributed by atoms with Crippen LogP contribution in [0.2, 0.25) is 0 Å². The van der Waals surface area contributed by atoms with Crippen LogP contribution >= 0.6 is 15.6 Å². The Bertz CT molecular complexity index is 1990. The van der Waals surface area contributed by atoms with E-state index in [1.807, 2.05) is 0 Å². The quantitative estimate of drug-likeness (QED) is 0.0222. The molecule has 0 radical (unpaired) electrons. The van der Waals surface area contributed by atoms with Crippen molar-refractivity contribution in [2.75, 3.05) is 39.6 Å². The number of ether oxygens (including phenoxy) is 4. The minimum absolute atomic E-state index is 0.105. The number of rotatable bonds is 82. The second kappa shape index (κ2) is 74.2. The summed E-state index contributed by atoms with van der Waals surface area (Å²) in [5, 5.41) is 10.7. The van der Waals surface area contributed by atoms with Crippen LogP contribution in [0, 0.1) is 17.8 Å². The largest absolute Gasteiger partial charge is 0.472 e. The van der Waals surface area contributed by atoms with Gasteiger partial charge in [0.05, 0.1) is 26.4 Å². The van der Waals surface area contributed by atoms with Crippen molar-refractivity contribution in [1.82, 2.24) is 0 Å². The summed E-state index contributed by atoms with van der Waals surface area (Å²) in [4.78, 5) is 73.1. The van der Waals surface area contributed by atoms with Crippen molar-refractivity contribution in [2.45, 2.75) is 458 Å². The van der Waals surface area contributed by atoms with Crippen LogP contribution in [0.3, 0.4) is 0 Å². The van der Waals surface area contributed by atoms with Gasteiger partial charge < -0.3 is 33.8 Å². The fourth-order valence-corrected chi connectivity index (χ4v) is 14.6.